The van der Waals surface area contributed by atoms with Crippen molar-refractivity contribution in [3.63, 3.8) is 0 Å². The summed E-state index contributed by atoms with van der Waals surface area (Å²) in [5.74, 6) is -0.871. The smallest absolute Gasteiger partial charge is 0.407 e. The first-order valence-electron chi connectivity index (χ1n) is 10.6. The van der Waals surface area contributed by atoms with Gasteiger partial charge >= 0.3 is 12.1 Å². The highest BCUT2D eigenvalue weighted by atomic mass is 16.6. The second-order valence-corrected chi connectivity index (χ2v) is 7.95. The zero-order valence-corrected chi connectivity index (χ0v) is 17.3. The van der Waals surface area contributed by atoms with Gasteiger partial charge in [0.2, 0.25) is 0 Å². The van der Waals surface area contributed by atoms with Gasteiger partial charge in [0.05, 0.1) is 6.61 Å². The fraction of sp³-hybridized carbons (Fsp3) is 0.417. The summed E-state index contributed by atoms with van der Waals surface area (Å²) in [5, 5.41) is 11.8. The third kappa shape index (κ3) is 5.06. The molecule has 1 aliphatic carbocycles. The lowest BCUT2D eigenvalue weighted by Gasteiger charge is -2.23. The van der Waals surface area contributed by atoms with Gasteiger partial charge in [0.15, 0.2) is 6.04 Å². The summed E-state index contributed by atoms with van der Waals surface area (Å²) in [6.45, 7) is 1.90. The molecule has 1 atom stereocenters. The van der Waals surface area contributed by atoms with Crippen molar-refractivity contribution >= 4 is 12.1 Å². The van der Waals surface area contributed by atoms with Crippen LogP contribution >= 0.6 is 0 Å². The number of benzene rings is 2. The summed E-state index contributed by atoms with van der Waals surface area (Å²) in [4.78, 5) is 23.9. The molecule has 1 heterocycles. The average molecular weight is 425 g/mol. The van der Waals surface area contributed by atoms with Crippen molar-refractivity contribution in [3.8, 4) is 11.1 Å². The molecule has 0 spiro atoms. The van der Waals surface area contributed by atoms with Crippen LogP contribution in [0.4, 0.5) is 4.79 Å². The zero-order valence-electron chi connectivity index (χ0n) is 17.3. The minimum atomic E-state index is -1.16. The van der Waals surface area contributed by atoms with E-state index in [0.717, 1.165) is 35.1 Å². The first-order valence-corrected chi connectivity index (χ1v) is 10.6. The molecule has 0 unspecified atom stereocenters. The lowest BCUT2D eigenvalue weighted by molar-refractivity contribution is -0.141. The minimum Gasteiger partial charge on any atom is -0.480 e. The topological polar surface area (TPSA) is 94.1 Å². The average Bonchev–Trinajstić information content (AvgIpc) is 3.11. The van der Waals surface area contributed by atoms with Crippen LogP contribution in [-0.2, 0) is 19.0 Å². The molecule has 2 aromatic carbocycles. The van der Waals surface area contributed by atoms with Gasteiger partial charge in [-0.2, -0.15) is 0 Å². The van der Waals surface area contributed by atoms with Gasteiger partial charge in [0.1, 0.15) is 6.61 Å². The van der Waals surface area contributed by atoms with E-state index in [1.54, 1.807) is 0 Å². The molecule has 2 N–H and O–H groups in total. The van der Waals surface area contributed by atoms with Crippen molar-refractivity contribution in [2.24, 2.45) is 5.92 Å². The lowest BCUT2D eigenvalue weighted by atomic mass is 9.98. The van der Waals surface area contributed by atoms with E-state index in [4.69, 9.17) is 14.2 Å². The number of carboxylic acid groups (broad SMARTS) is 1. The first kappa shape index (κ1) is 21.3. The molecule has 2 aliphatic rings. The molecule has 0 bridgehead atoms. The summed E-state index contributed by atoms with van der Waals surface area (Å²) < 4.78 is 16.3. The summed E-state index contributed by atoms with van der Waals surface area (Å²) in [7, 11) is 0. The van der Waals surface area contributed by atoms with Crippen molar-refractivity contribution in [2.75, 3.05) is 33.0 Å². The largest absolute Gasteiger partial charge is 0.480 e. The fourth-order valence-electron chi connectivity index (χ4n) is 4.22. The molecule has 4 rings (SSSR count). The molecule has 1 fully saturated rings. The first-order chi connectivity index (χ1) is 15.1. The quantitative estimate of drug-likeness (QED) is 0.673. The van der Waals surface area contributed by atoms with Gasteiger partial charge in [-0.15, -0.1) is 0 Å². The molecule has 1 aliphatic heterocycles. The summed E-state index contributed by atoms with van der Waals surface area (Å²) in [6, 6.07) is 14.9. The van der Waals surface area contributed by atoms with Crippen LogP contribution in [0.2, 0.25) is 0 Å². The molecule has 164 valence electrons. The van der Waals surface area contributed by atoms with Crippen molar-refractivity contribution in [3.05, 3.63) is 59.7 Å². The van der Waals surface area contributed by atoms with E-state index >= 15 is 0 Å². The van der Waals surface area contributed by atoms with Crippen LogP contribution in [-0.4, -0.2) is 56.2 Å². The number of carbonyl (C=O) groups is 2. The van der Waals surface area contributed by atoms with E-state index in [2.05, 4.69) is 17.4 Å². The number of hydrogen-bond acceptors (Lipinski definition) is 5. The number of carbonyl (C=O) groups excluding carboxylic acids is 1. The van der Waals surface area contributed by atoms with Gasteiger partial charge in [0.25, 0.3) is 0 Å². The van der Waals surface area contributed by atoms with Crippen molar-refractivity contribution in [1.82, 2.24) is 5.32 Å². The van der Waals surface area contributed by atoms with Gasteiger partial charge in [-0.1, -0.05) is 48.5 Å². The normalized spacial score (nSPS) is 16.9. The number of hydrogen-bond donors (Lipinski definition) is 2. The summed E-state index contributed by atoms with van der Waals surface area (Å²) in [6.07, 6.45) is 1.04. The molecule has 0 aromatic heterocycles. The van der Waals surface area contributed by atoms with Crippen LogP contribution in [0.1, 0.15) is 29.9 Å². The third-order valence-electron chi connectivity index (χ3n) is 5.91. The van der Waals surface area contributed by atoms with E-state index in [-0.39, 0.29) is 19.1 Å². The van der Waals surface area contributed by atoms with E-state index < -0.39 is 18.1 Å². The predicted octanol–water partition coefficient (Wildman–Crippen LogP) is 3.42. The van der Waals surface area contributed by atoms with Gasteiger partial charge in [-0.05, 0) is 41.0 Å². The number of fused-ring (bicyclic) bond motifs is 3. The second kappa shape index (κ2) is 9.94. The Kier molecular flexibility index (Phi) is 6.84. The van der Waals surface area contributed by atoms with Crippen LogP contribution in [0.25, 0.3) is 11.1 Å². The van der Waals surface area contributed by atoms with Crippen LogP contribution in [0.5, 0.6) is 0 Å². The van der Waals surface area contributed by atoms with Crippen LogP contribution < -0.4 is 5.32 Å². The summed E-state index contributed by atoms with van der Waals surface area (Å²) >= 11 is 0. The van der Waals surface area contributed by atoms with Crippen molar-refractivity contribution < 1.29 is 28.9 Å². The van der Waals surface area contributed by atoms with Gasteiger partial charge in [0, 0.05) is 25.7 Å². The molecule has 1 saturated heterocycles. The highest BCUT2D eigenvalue weighted by Gasteiger charge is 2.30. The standard InChI is InChI=1S/C24H27NO6/c26-23(27)22(15-30-13-16-9-11-29-12-10-16)25-24(28)31-14-21-19-7-3-1-5-17(19)18-6-2-4-8-20(18)21/h1-8,16,21-22H,9-15H2,(H,25,28)(H,26,27)/t22-/m0/s1. The van der Waals surface area contributed by atoms with Gasteiger partial charge < -0.3 is 24.6 Å². The Morgan fingerprint density at radius 3 is 2.23 bits per heavy atom. The SMILES string of the molecule is O=C(N[C@@H](COCC1CCOCC1)C(=O)O)OCC1c2ccccc2-c2ccccc21. The number of carboxylic acids is 1. The molecular formula is C24H27NO6. The number of nitrogens with one attached hydrogen (secondary N) is 1. The molecular weight excluding hydrogens is 398 g/mol. The van der Waals surface area contributed by atoms with Crippen LogP contribution in [0.3, 0.4) is 0 Å². The van der Waals surface area contributed by atoms with Crippen LogP contribution in [0, 0.1) is 5.92 Å². The minimum absolute atomic E-state index is 0.0776. The number of ether oxygens (including phenoxy) is 3. The Bertz CT molecular complexity index is 878. The monoisotopic (exact) mass is 425 g/mol. The predicted molar refractivity (Wildman–Crippen MR) is 114 cm³/mol. The Morgan fingerprint density at radius 2 is 1.61 bits per heavy atom. The Labute approximate surface area is 181 Å². The zero-order chi connectivity index (χ0) is 21.6. The highest BCUT2D eigenvalue weighted by Crippen LogP contribution is 2.44. The van der Waals surface area contributed by atoms with Crippen LogP contribution in [0.15, 0.2) is 48.5 Å². The van der Waals surface area contributed by atoms with Crippen molar-refractivity contribution in [2.45, 2.75) is 24.8 Å². The maximum atomic E-state index is 12.3. The molecule has 7 nitrogen and oxygen atoms in total. The summed E-state index contributed by atoms with van der Waals surface area (Å²) in [5.41, 5.74) is 4.48. The van der Waals surface area contributed by atoms with E-state index in [1.807, 2.05) is 36.4 Å². The second-order valence-electron chi connectivity index (χ2n) is 7.95. The van der Waals surface area contributed by atoms with E-state index in [0.29, 0.717) is 25.7 Å². The Balaban J connectivity index is 1.31. The number of alkyl carbamates (subject to hydrolysis) is 1. The number of aliphatic carboxylic acids is 1. The van der Waals surface area contributed by atoms with Crippen molar-refractivity contribution in [1.29, 1.82) is 0 Å². The highest BCUT2D eigenvalue weighted by molar-refractivity contribution is 5.81. The number of rotatable bonds is 8. The third-order valence-corrected chi connectivity index (χ3v) is 5.91. The van der Waals surface area contributed by atoms with E-state index in [1.165, 1.54) is 0 Å². The molecule has 0 radical (unpaired) electrons. The molecule has 1 amide bonds. The maximum Gasteiger partial charge on any atom is 0.407 e. The maximum absolute atomic E-state index is 12.3. The molecule has 7 heteroatoms. The Hall–Kier alpha value is -2.90. The van der Waals surface area contributed by atoms with Gasteiger partial charge in [-0.3, -0.25) is 0 Å². The number of amides is 1. The fourth-order valence-corrected chi connectivity index (χ4v) is 4.22. The molecule has 0 saturated carbocycles. The molecule has 31 heavy (non-hydrogen) atoms. The van der Waals surface area contributed by atoms with E-state index in [9.17, 15) is 14.7 Å². The van der Waals surface area contributed by atoms with Gasteiger partial charge in [-0.25, -0.2) is 9.59 Å². The molecule has 2 aromatic rings. The lowest BCUT2D eigenvalue weighted by Crippen LogP contribution is -2.44. The Morgan fingerprint density at radius 1 is 1.00 bits per heavy atom.